The van der Waals surface area contributed by atoms with Gasteiger partial charge in [0.05, 0.1) is 12.8 Å². The number of furan rings is 1. The third-order valence-corrected chi connectivity index (χ3v) is 4.32. The first-order valence-electron chi connectivity index (χ1n) is 8.69. The van der Waals surface area contributed by atoms with Gasteiger partial charge in [0.25, 0.3) is 0 Å². The number of aliphatic carboxylic acids is 1. The molecule has 1 aliphatic rings. The molecule has 27 heavy (non-hydrogen) atoms. The molecule has 1 aromatic heterocycles. The second kappa shape index (κ2) is 9.20. The van der Waals surface area contributed by atoms with Crippen molar-refractivity contribution in [1.29, 1.82) is 0 Å². The van der Waals surface area contributed by atoms with Gasteiger partial charge in [-0.05, 0) is 29.8 Å². The summed E-state index contributed by atoms with van der Waals surface area (Å²) in [6.07, 6.45) is 1.70. The van der Waals surface area contributed by atoms with E-state index in [1.54, 1.807) is 12.3 Å². The van der Waals surface area contributed by atoms with Crippen molar-refractivity contribution in [2.45, 2.75) is 13.1 Å². The number of nitrogens with zero attached hydrogens (tertiary/aromatic N) is 2. The second-order valence-corrected chi connectivity index (χ2v) is 6.28. The van der Waals surface area contributed by atoms with Gasteiger partial charge in [0, 0.05) is 32.7 Å². The SMILES string of the molecule is O=C(O)C(=O)OCOc1cccc(CN2CCN(Cc3ccco3)CC2)c1. The Bertz CT molecular complexity index is 753. The van der Waals surface area contributed by atoms with E-state index in [0.29, 0.717) is 5.75 Å². The van der Waals surface area contributed by atoms with Gasteiger partial charge in [-0.1, -0.05) is 12.1 Å². The van der Waals surface area contributed by atoms with Gasteiger partial charge in [-0.3, -0.25) is 9.80 Å². The molecular formula is C19H22N2O6. The molecule has 0 spiro atoms. The Kier molecular flexibility index (Phi) is 6.45. The fraction of sp³-hybridized carbons (Fsp3) is 0.368. The van der Waals surface area contributed by atoms with Gasteiger partial charge in [-0.25, -0.2) is 9.59 Å². The Labute approximate surface area is 156 Å². The molecule has 0 unspecified atom stereocenters. The van der Waals surface area contributed by atoms with Crippen molar-refractivity contribution in [3.05, 3.63) is 54.0 Å². The van der Waals surface area contributed by atoms with Crippen molar-refractivity contribution in [3.8, 4) is 5.75 Å². The largest absolute Gasteiger partial charge is 0.473 e. The molecule has 8 heteroatoms. The van der Waals surface area contributed by atoms with Gasteiger partial charge >= 0.3 is 11.9 Å². The predicted octanol–water partition coefficient (Wildman–Crippen LogP) is 1.56. The Hall–Kier alpha value is -2.84. The first-order chi connectivity index (χ1) is 13.1. The Morgan fingerprint density at radius 1 is 1.04 bits per heavy atom. The Balaban J connectivity index is 1.43. The summed E-state index contributed by atoms with van der Waals surface area (Å²) in [6.45, 7) is 5.06. The normalized spacial score (nSPS) is 15.4. The van der Waals surface area contributed by atoms with Crippen LogP contribution in [0.4, 0.5) is 0 Å². The molecule has 8 nitrogen and oxygen atoms in total. The van der Waals surface area contributed by atoms with Crippen molar-refractivity contribution in [2.75, 3.05) is 33.0 Å². The topological polar surface area (TPSA) is 92.4 Å². The van der Waals surface area contributed by atoms with Crippen LogP contribution >= 0.6 is 0 Å². The summed E-state index contributed by atoms with van der Waals surface area (Å²) in [6, 6.07) is 11.4. The van der Waals surface area contributed by atoms with E-state index in [4.69, 9.17) is 14.3 Å². The van der Waals surface area contributed by atoms with Crippen LogP contribution in [0.25, 0.3) is 0 Å². The standard InChI is InChI=1S/C19H22N2O6/c22-18(23)19(24)27-14-26-16-4-1-3-15(11-16)12-20-6-8-21(9-7-20)13-17-5-2-10-25-17/h1-5,10-11H,6-9,12-14H2,(H,22,23). The minimum absolute atomic E-state index is 0.431. The lowest BCUT2D eigenvalue weighted by atomic mass is 10.2. The summed E-state index contributed by atoms with van der Waals surface area (Å²) in [5, 5.41) is 8.45. The number of rotatable bonds is 7. The molecule has 2 aromatic rings. The maximum absolute atomic E-state index is 10.9. The van der Waals surface area contributed by atoms with Crippen molar-refractivity contribution in [2.24, 2.45) is 0 Å². The minimum atomic E-state index is -1.64. The van der Waals surface area contributed by atoms with Crippen LogP contribution < -0.4 is 4.74 Å². The number of hydrogen-bond acceptors (Lipinski definition) is 7. The van der Waals surface area contributed by atoms with Gasteiger partial charge in [0.2, 0.25) is 6.79 Å². The van der Waals surface area contributed by atoms with E-state index in [0.717, 1.165) is 50.6 Å². The van der Waals surface area contributed by atoms with Crippen molar-refractivity contribution < 1.29 is 28.6 Å². The number of carbonyl (C=O) groups excluding carboxylic acids is 1. The van der Waals surface area contributed by atoms with Crippen LogP contribution in [0.1, 0.15) is 11.3 Å². The molecule has 1 aliphatic heterocycles. The fourth-order valence-corrected chi connectivity index (χ4v) is 2.93. The van der Waals surface area contributed by atoms with Gasteiger partial charge in [-0.2, -0.15) is 0 Å². The van der Waals surface area contributed by atoms with Crippen LogP contribution in [0.15, 0.2) is 47.1 Å². The van der Waals surface area contributed by atoms with E-state index >= 15 is 0 Å². The van der Waals surface area contributed by atoms with Crippen molar-refractivity contribution in [3.63, 3.8) is 0 Å². The number of carboxylic acid groups (broad SMARTS) is 1. The number of carbonyl (C=O) groups is 2. The van der Waals surface area contributed by atoms with E-state index in [2.05, 4.69) is 14.5 Å². The van der Waals surface area contributed by atoms with E-state index in [-0.39, 0.29) is 0 Å². The first-order valence-corrected chi connectivity index (χ1v) is 8.69. The van der Waals surface area contributed by atoms with E-state index in [1.165, 1.54) is 0 Å². The zero-order valence-electron chi connectivity index (χ0n) is 14.9. The van der Waals surface area contributed by atoms with Gasteiger partial charge in [-0.15, -0.1) is 0 Å². The first kappa shape index (κ1) is 18.9. The zero-order chi connectivity index (χ0) is 19.1. The quantitative estimate of drug-likeness (QED) is 0.443. The molecule has 2 heterocycles. The molecule has 0 radical (unpaired) electrons. The van der Waals surface area contributed by atoms with Crippen LogP contribution in [0.3, 0.4) is 0 Å². The Morgan fingerprint density at radius 3 is 2.44 bits per heavy atom. The number of esters is 1. The summed E-state index contributed by atoms with van der Waals surface area (Å²) in [5.41, 5.74) is 1.08. The number of ether oxygens (including phenoxy) is 2. The molecule has 3 rings (SSSR count). The zero-order valence-corrected chi connectivity index (χ0v) is 14.9. The number of carboxylic acids is 1. The van der Waals surface area contributed by atoms with Crippen molar-refractivity contribution in [1.82, 2.24) is 9.80 Å². The number of hydrogen-bond donors (Lipinski definition) is 1. The highest BCUT2D eigenvalue weighted by atomic mass is 16.7. The molecule has 1 fully saturated rings. The van der Waals surface area contributed by atoms with Gasteiger partial charge in [0.15, 0.2) is 0 Å². The summed E-state index contributed by atoms with van der Waals surface area (Å²) in [7, 11) is 0. The molecule has 0 atom stereocenters. The lowest BCUT2D eigenvalue weighted by Crippen LogP contribution is -2.45. The summed E-state index contributed by atoms with van der Waals surface area (Å²) in [4.78, 5) is 26.0. The highest BCUT2D eigenvalue weighted by molar-refractivity contribution is 6.28. The third kappa shape index (κ3) is 5.83. The summed E-state index contributed by atoms with van der Waals surface area (Å²) >= 11 is 0. The lowest BCUT2D eigenvalue weighted by molar-refractivity contribution is -0.168. The number of piperazine rings is 1. The summed E-state index contributed by atoms with van der Waals surface area (Å²) < 4.78 is 15.2. The predicted molar refractivity (Wildman–Crippen MR) is 94.9 cm³/mol. The molecule has 1 N–H and O–H groups in total. The fourth-order valence-electron chi connectivity index (χ4n) is 2.93. The van der Waals surface area contributed by atoms with Crippen LogP contribution in [0.2, 0.25) is 0 Å². The van der Waals surface area contributed by atoms with Crippen LogP contribution in [0.5, 0.6) is 5.75 Å². The highest BCUT2D eigenvalue weighted by Crippen LogP contribution is 2.17. The molecule has 0 aliphatic carbocycles. The average Bonchev–Trinajstić information content (AvgIpc) is 3.16. The van der Waals surface area contributed by atoms with Crippen LogP contribution in [-0.2, 0) is 27.4 Å². The van der Waals surface area contributed by atoms with Gasteiger partial charge in [0.1, 0.15) is 11.5 Å². The highest BCUT2D eigenvalue weighted by Gasteiger charge is 2.18. The smallest absolute Gasteiger partial charge is 0.420 e. The average molecular weight is 374 g/mol. The number of benzene rings is 1. The molecule has 1 aromatic carbocycles. The molecular weight excluding hydrogens is 352 g/mol. The molecule has 144 valence electrons. The third-order valence-electron chi connectivity index (χ3n) is 4.32. The van der Waals surface area contributed by atoms with Gasteiger partial charge < -0.3 is 19.0 Å². The van der Waals surface area contributed by atoms with Crippen LogP contribution in [-0.4, -0.2) is 59.8 Å². The molecule has 1 saturated heterocycles. The Morgan fingerprint density at radius 2 is 1.78 bits per heavy atom. The van der Waals surface area contributed by atoms with E-state index in [1.807, 2.05) is 30.3 Å². The van der Waals surface area contributed by atoms with E-state index in [9.17, 15) is 9.59 Å². The molecule has 0 amide bonds. The molecule has 0 saturated carbocycles. The van der Waals surface area contributed by atoms with Crippen LogP contribution in [0, 0.1) is 0 Å². The maximum atomic E-state index is 10.9. The lowest BCUT2D eigenvalue weighted by Gasteiger charge is -2.34. The van der Waals surface area contributed by atoms with Crippen molar-refractivity contribution >= 4 is 11.9 Å². The minimum Gasteiger partial charge on any atom is -0.473 e. The monoisotopic (exact) mass is 374 g/mol. The second-order valence-electron chi connectivity index (χ2n) is 6.28. The summed E-state index contributed by atoms with van der Waals surface area (Å²) in [5.74, 6) is -1.46. The maximum Gasteiger partial charge on any atom is 0.420 e. The van der Waals surface area contributed by atoms with E-state index < -0.39 is 18.7 Å². The molecule has 0 bridgehead atoms.